The van der Waals surface area contributed by atoms with Crippen molar-refractivity contribution in [1.82, 2.24) is 4.90 Å². The molecule has 0 amide bonds. The quantitative estimate of drug-likeness (QED) is 0.912. The summed E-state index contributed by atoms with van der Waals surface area (Å²) in [7, 11) is 1.76. The van der Waals surface area contributed by atoms with Crippen LogP contribution in [0.2, 0.25) is 0 Å². The number of hydrogen-bond donors (Lipinski definition) is 1. The van der Waals surface area contributed by atoms with E-state index in [0.29, 0.717) is 4.88 Å². The second-order valence-electron chi connectivity index (χ2n) is 5.04. The largest absolute Gasteiger partial charge is 0.477 e. The molecule has 1 saturated heterocycles. The van der Waals surface area contributed by atoms with Crippen molar-refractivity contribution in [3.63, 3.8) is 0 Å². The number of piperidine rings is 1. The van der Waals surface area contributed by atoms with E-state index in [-0.39, 0.29) is 5.60 Å². The van der Waals surface area contributed by atoms with Gasteiger partial charge in [-0.05, 0) is 38.4 Å². The molecule has 1 aliphatic heterocycles. The van der Waals surface area contributed by atoms with E-state index in [1.54, 1.807) is 13.2 Å². The lowest BCUT2D eigenvalue weighted by Gasteiger charge is -2.39. The molecule has 1 fully saturated rings. The van der Waals surface area contributed by atoms with Crippen LogP contribution in [0.5, 0.6) is 0 Å². The first kappa shape index (κ1) is 13.5. The summed E-state index contributed by atoms with van der Waals surface area (Å²) in [4.78, 5) is 14.7. The van der Waals surface area contributed by atoms with Crippen molar-refractivity contribution in [3.8, 4) is 0 Å². The molecular weight excluding hydrogens is 250 g/mol. The molecular formula is C13H19NO3S. The van der Waals surface area contributed by atoms with Crippen molar-refractivity contribution < 1.29 is 14.6 Å². The molecule has 2 rings (SSSR count). The van der Waals surface area contributed by atoms with Gasteiger partial charge in [-0.2, -0.15) is 0 Å². The highest BCUT2D eigenvalue weighted by Crippen LogP contribution is 2.26. The number of thiophene rings is 1. The molecule has 0 saturated carbocycles. The van der Waals surface area contributed by atoms with Crippen molar-refractivity contribution in [1.29, 1.82) is 0 Å². The van der Waals surface area contributed by atoms with Gasteiger partial charge in [-0.15, -0.1) is 11.3 Å². The van der Waals surface area contributed by atoms with Crippen LogP contribution in [0.15, 0.2) is 12.1 Å². The molecule has 5 heteroatoms. The van der Waals surface area contributed by atoms with Gasteiger partial charge in [0.2, 0.25) is 0 Å². The van der Waals surface area contributed by atoms with E-state index in [9.17, 15) is 4.79 Å². The van der Waals surface area contributed by atoms with Gasteiger partial charge in [0.25, 0.3) is 0 Å². The molecule has 1 atom stereocenters. The summed E-state index contributed by atoms with van der Waals surface area (Å²) in [6.07, 6.45) is 2.21. The summed E-state index contributed by atoms with van der Waals surface area (Å²) < 4.78 is 5.56. The maximum Gasteiger partial charge on any atom is 0.345 e. The van der Waals surface area contributed by atoms with Gasteiger partial charge in [0.05, 0.1) is 5.60 Å². The van der Waals surface area contributed by atoms with Crippen LogP contribution in [0, 0.1) is 0 Å². The topological polar surface area (TPSA) is 49.8 Å². The molecule has 2 heterocycles. The van der Waals surface area contributed by atoms with Crippen molar-refractivity contribution in [2.75, 3.05) is 20.2 Å². The molecule has 0 bridgehead atoms. The summed E-state index contributed by atoms with van der Waals surface area (Å²) in [5.41, 5.74) is -0.0643. The highest BCUT2D eigenvalue weighted by Gasteiger charge is 2.30. The fourth-order valence-corrected chi connectivity index (χ4v) is 3.30. The third-order valence-corrected chi connectivity index (χ3v) is 4.54. The lowest BCUT2D eigenvalue weighted by atomic mass is 9.95. The Morgan fingerprint density at radius 2 is 2.39 bits per heavy atom. The number of rotatable bonds is 4. The average molecular weight is 269 g/mol. The zero-order valence-electron chi connectivity index (χ0n) is 10.8. The summed E-state index contributed by atoms with van der Waals surface area (Å²) in [6, 6.07) is 3.59. The van der Waals surface area contributed by atoms with Crippen LogP contribution < -0.4 is 0 Å². The maximum absolute atomic E-state index is 10.8. The molecule has 100 valence electrons. The minimum atomic E-state index is -0.841. The van der Waals surface area contributed by atoms with E-state index in [4.69, 9.17) is 9.84 Å². The highest BCUT2D eigenvalue weighted by atomic mass is 32.1. The molecule has 1 aromatic rings. The number of methoxy groups -OCH3 is 1. The average Bonchev–Trinajstić information content (AvgIpc) is 2.78. The number of carbonyl (C=O) groups is 1. The second kappa shape index (κ2) is 5.38. The summed E-state index contributed by atoms with van der Waals surface area (Å²) in [5.74, 6) is -0.841. The molecule has 1 unspecified atom stereocenters. The zero-order valence-corrected chi connectivity index (χ0v) is 11.6. The van der Waals surface area contributed by atoms with E-state index < -0.39 is 5.97 Å². The molecule has 18 heavy (non-hydrogen) atoms. The molecule has 0 aliphatic carbocycles. The highest BCUT2D eigenvalue weighted by molar-refractivity contribution is 7.13. The number of aromatic carboxylic acids is 1. The van der Waals surface area contributed by atoms with E-state index in [2.05, 4.69) is 11.8 Å². The maximum atomic E-state index is 10.8. The first-order chi connectivity index (χ1) is 8.52. The van der Waals surface area contributed by atoms with Gasteiger partial charge in [0, 0.05) is 25.1 Å². The Balaban J connectivity index is 1.98. The lowest BCUT2D eigenvalue weighted by molar-refractivity contribution is -0.0524. The van der Waals surface area contributed by atoms with Gasteiger partial charge in [0.15, 0.2) is 0 Å². The van der Waals surface area contributed by atoms with Crippen LogP contribution in [-0.4, -0.2) is 41.8 Å². The second-order valence-corrected chi connectivity index (χ2v) is 6.21. The number of carboxylic acid groups (broad SMARTS) is 1. The number of nitrogens with zero attached hydrogens (tertiary/aromatic N) is 1. The Bertz CT molecular complexity index is 432. The van der Waals surface area contributed by atoms with E-state index in [1.807, 2.05) is 6.07 Å². The molecule has 4 nitrogen and oxygen atoms in total. The van der Waals surface area contributed by atoms with Crippen LogP contribution >= 0.6 is 11.3 Å². The summed E-state index contributed by atoms with van der Waals surface area (Å²) in [6.45, 7) is 4.91. The molecule has 1 N–H and O–H groups in total. The van der Waals surface area contributed by atoms with Crippen molar-refractivity contribution >= 4 is 17.3 Å². The number of ether oxygens (including phenoxy) is 1. The molecule has 0 radical (unpaired) electrons. The SMILES string of the molecule is COC1(C)CCCN(Cc2ccc(C(=O)O)s2)C1. The molecule has 1 aliphatic rings. The van der Waals surface area contributed by atoms with Gasteiger partial charge >= 0.3 is 5.97 Å². The summed E-state index contributed by atoms with van der Waals surface area (Å²) >= 11 is 1.36. The minimum absolute atomic E-state index is 0.0643. The van der Waals surface area contributed by atoms with Crippen LogP contribution in [0.3, 0.4) is 0 Å². The van der Waals surface area contributed by atoms with Crippen LogP contribution in [0.25, 0.3) is 0 Å². The number of likely N-dealkylation sites (tertiary alicyclic amines) is 1. The number of hydrogen-bond acceptors (Lipinski definition) is 4. The zero-order chi connectivity index (χ0) is 13.2. The number of carboxylic acids is 1. The monoisotopic (exact) mass is 269 g/mol. The van der Waals surface area contributed by atoms with Crippen molar-refractivity contribution in [2.45, 2.75) is 31.9 Å². The first-order valence-electron chi connectivity index (χ1n) is 6.12. The van der Waals surface area contributed by atoms with Gasteiger partial charge in [-0.3, -0.25) is 4.90 Å². The fraction of sp³-hybridized carbons (Fsp3) is 0.615. The molecule has 0 spiro atoms. The minimum Gasteiger partial charge on any atom is -0.477 e. The third kappa shape index (κ3) is 3.10. The van der Waals surface area contributed by atoms with Gasteiger partial charge < -0.3 is 9.84 Å². The Labute approximate surface area is 111 Å². The fourth-order valence-electron chi connectivity index (χ4n) is 2.41. The third-order valence-electron chi connectivity index (χ3n) is 3.48. The van der Waals surface area contributed by atoms with Gasteiger partial charge in [0.1, 0.15) is 4.88 Å². The summed E-state index contributed by atoms with van der Waals surface area (Å²) in [5, 5.41) is 8.90. The molecule has 0 aromatic carbocycles. The van der Waals surface area contributed by atoms with Crippen molar-refractivity contribution in [2.24, 2.45) is 0 Å². The van der Waals surface area contributed by atoms with E-state index >= 15 is 0 Å². The van der Waals surface area contributed by atoms with Crippen LogP contribution in [0.4, 0.5) is 0 Å². The lowest BCUT2D eigenvalue weighted by Crippen LogP contribution is -2.46. The molecule has 1 aromatic heterocycles. The van der Waals surface area contributed by atoms with Crippen molar-refractivity contribution in [3.05, 3.63) is 21.9 Å². The van der Waals surface area contributed by atoms with E-state index in [0.717, 1.165) is 37.4 Å². The van der Waals surface area contributed by atoms with Crippen LogP contribution in [-0.2, 0) is 11.3 Å². The standard InChI is InChI=1S/C13H19NO3S/c1-13(17-2)6-3-7-14(9-13)8-10-4-5-11(18-10)12(15)16/h4-5H,3,6-9H2,1-2H3,(H,15,16). The van der Waals surface area contributed by atoms with Gasteiger partial charge in [-0.1, -0.05) is 0 Å². The first-order valence-corrected chi connectivity index (χ1v) is 6.93. The van der Waals surface area contributed by atoms with Gasteiger partial charge in [-0.25, -0.2) is 4.79 Å². The van der Waals surface area contributed by atoms with E-state index in [1.165, 1.54) is 11.3 Å². The normalized spacial score (nSPS) is 25.2. The Morgan fingerprint density at radius 3 is 3.00 bits per heavy atom. The van der Waals surface area contributed by atoms with Crippen LogP contribution in [0.1, 0.15) is 34.3 Å². The predicted octanol–water partition coefficient (Wildman–Crippen LogP) is 2.45. The Hall–Kier alpha value is -0.910. The smallest absolute Gasteiger partial charge is 0.345 e. The predicted molar refractivity (Wildman–Crippen MR) is 71.2 cm³/mol. The Morgan fingerprint density at radius 1 is 1.61 bits per heavy atom. The Kier molecular flexibility index (Phi) is 4.04.